The van der Waals surface area contributed by atoms with Gasteiger partial charge in [0.1, 0.15) is 6.54 Å². The molecule has 1 aliphatic rings. The molecule has 1 saturated heterocycles. The average molecular weight is 352 g/mol. The predicted molar refractivity (Wildman–Crippen MR) is 110 cm³/mol. The van der Waals surface area contributed by atoms with Gasteiger partial charge in [-0.1, -0.05) is 35.9 Å². The number of piperazine rings is 1. The van der Waals surface area contributed by atoms with Gasteiger partial charge in [0.25, 0.3) is 0 Å². The van der Waals surface area contributed by atoms with Gasteiger partial charge in [-0.05, 0) is 37.1 Å². The maximum Gasteiger partial charge on any atom is 0.103 e. The fourth-order valence-corrected chi connectivity index (χ4v) is 3.42. The molecule has 1 fully saturated rings. The molecule has 0 saturated carbocycles. The second-order valence-corrected chi connectivity index (χ2v) is 7.54. The van der Waals surface area contributed by atoms with Crippen LogP contribution in [0.5, 0.6) is 0 Å². The summed E-state index contributed by atoms with van der Waals surface area (Å²) in [5.74, 6) is 0. The van der Waals surface area contributed by atoms with Crippen molar-refractivity contribution < 1.29 is 4.90 Å². The summed E-state index contributed by atoms with van der Waals surface area (Å²) >= 11 is 0. The highest BCUT2D eigenvalue weighted by Crippen LogP contribution is 2.11. The Morgan fingerprint density at radius 1 is 1.04 bits per heavy atom. The molecule has 0 amide bonds. The van der Waals surface area contributed by atoms with Gasteiger partial charge in [0.15, 0.2) is 0 Å². The first kappa shape index (κ1) is 18.5. The van der Waals surface area contributed by atoms with Gasteiger partial charge in [-0.3, -0.25) is 5.01 Å². The van der Waals surface area contributed by atoms with E-state index in [1.165, 1.54) is 22.4 Å². The largest absolute Gasteiger partial charge is 0.378 e. The number of aryl methyl sites for hydroxylation is 2. The van der Waals surface area contributed by atoms with Gasteiger partial charge < -0.3 is 9.80 Å². The zero-order valence-corrected chi connectivity index (χ0v) is 16.5. The van der Waals surface area contributed by atoms with E-state index in [-0.39, 0.29) is 0 Å². The lowest BCUT2D eigenvalue weighted by Gasteiger charge is -2.30. The molecule has 2 aromatic carbocycles. The third-order valence-corrected chi connectivity index (χ3v) is 5.17. The van der Waals surface area contributed by atoms with Crippen LogP contribution < -0.4 is 9.80 Å². The van der Waals surface area contributed by atoms with Crippen LogP contribution in [0.3, 0.4) is 0 Å². The number of benzene rings is 2. The lowest BCUT2D eigenvalue weighted by atomic mass is 10.1. The number of anilines is 1. The third kappa shape index (κ3) is 4.85. The van der Waals surface area contributed by atoms with Crippen molar-refractivity contribution in [3.8, 4) is 0 Å². The molecule has 0 bridgehead atoms. The van der Waals surface area contributed by atoms with Gasteiger partial charge in [0.2, 0.25) is 0 Å². The van der Waals surface area contributed by atoms with Gasteiger partial charge in [0, 0.05) is 25.3 Å². The Morgan fingerprint density at radius 3 is 2.35 bits per heavy atom. The SMILES string of the molecule is Cc1ccc(C[NH+]2CCN(N=Cc3ccc(N(C)C)cc3)CC2)c(C)c1. The minimum absolute atomic E-state index is 1.02. The standard InChI is InChI=1S/C22H30N4/c1-18-5-8-21(19(2)15-18)17-25-11-13-26(14-12-25)23-16-20-6-9-22(10-7-20)24(3)4/h5-10,15-16H,11-14,17H2,1-4H3/p+1. The van der Waals surface area contributed by atoms with E-state index >= 15 is 0 Å². The van der Waals surface area contributed by atoms with Gasteiger partial charge in [0.05, 0.1) is 32.4 Å². The van der Waals surface area contributed by atoms with Crippen LogP contribution in [0.25, 0.3) is 0 Å². The van der Waals surface area contributed by atoms with Crippen LogP contribution in [-0.2, 0) is 6.54 Å². The number of hydrogen-bond donors (Lipinski definition) is 1. The molecule has 138 valence electrons. The monoisotopic (exact) mass is 351 g/mol. The highest BCUT2D eigenvalue weighted by atomic mass is 15.5. The van der Waals surface area contributed by atoms with Crippen LogP contribution in [0.1, 0.15) is 22.3 Å². The summed E-state index contributed by atoms with van der Waals surface area (Å²) in [6.07, 6.45) is 1.98. The van der Waals surface area contributed by atoms with Gasteiger partial charge in [-0.2, -0.15) is 5.10 Å². The Kier molecular flexibility index (Phi) is 5.94. The van der Waals surface area contributed by atoms with Crippen molar-refractivity contribution in [3.05, 3.63) is 64.7 Å². The first-order chi connectivity index (χ1) is 12.5. The number of nitrogens with zero attached hydrogens (tertiary/aromatic N) is 3. The molecule has 2 aromatic rings. The second kappa shape index (κ2) is 8.37. The smallest absolute Gasteiger partial charge is 0.103 e. The normalized spacial score (nSPS) is 15.6. The molecule has 26 heavy (non-hydrogen) atoms. The van der Waals surface area contributed by atoms with E-state index in [2.05, 4.69) is 85.4 Å². The van der Waals surface area contributed by atoms with E-state index in [4.69, 9.17) is 0 Å². The summed E-state index contributed by atoms with van der Waals surface area (Å²) in [4.78, 5) is 3.76. The zero-order valence-electron chi connectivity index (χ0n) is 16.5. The lowest BCUT2D eigenvalue weighted by Crippen LogP contribution is -3.13. The van der Waals surface area contributed by atoms with Crippen molar-refractivity contribution in [2.75, 3.05) is 45.2 Å². The highest BCUT2D eigenvalue weighted by molar-refractivity contribution is 5.80. The first-order valence-electron chi connectivity index (χ1n) is 9.47. The molecule has 1 aliphatic heterocycles. The molecule has 4 nitrogen and oxygen atoms in total. The first-order valence-corrected chi connectivity index (χ1v) is 9.47. The van der Waals surface area contributed by atoms with Crippen molar-refractivity contribution in [1.29, 1.82) is 0 Å². The molecular weight excluding hydrogens is 320 g/mol. The van der Waals surface area contributed by atoms with Crippen LogP contribution in [0.15, 0.2) is 47.6 Å². The third-order valence-electron chi connectivity index (χ3n) is 5.17. The van der Waals surface area contributed by atoms with Crippen LogP contribution in [0.4, 0.5) is 5.69 Å². The van der Waals surface area contributed by atoms with E-state index in [0.717, 1.165) is 38.3 Å². The highest BCUT2D eigenvalue weighted by Gasteiger charge is 2.19. The Hall–Kier alpha value is -2.33. The molecule has 0 unspecified atom stereocenters. The molecule has 0 spiro atoms. The maximum atomic E-state index is 4.68. The number of nitrogens with one attached hydrogen (secondary N) is 1. The van der Waals surface area contributed by atoms with Crippen molar-refractivity contribution in [2.45, 2.75) is 20.4 Å². The van der Waals surface area contributed by atoms with E-state index in [9.17, 15) is 0 Å². The molecule has 4 heteroatoms. The molecule has 1 N–H and O–H groups in total. The summed E-state index contributed by atoms with van der Waals surface area (Å²) in [6, 6.07) is 15.3. The van der Waals surface area contributed by atoms with Crippen LogP contribution in [0, 0.1) is 13.8 Å². The Morgan fingerprint density at radius 2 is 1.73 bits per heavy atom. The number of hydrogen-bond acceptors (Lipinski definition) is 3. The van der Waals surface area contributed by atoms with Gasteiger partial charge >= 0.3 is 0 Å². The summed E-state index contributed by atoms with van der Waals surface area (Å²) in [6.45, 7) is 9.83. The molecule has 3 rings (SSSR count). The van der Waals surface area contributed by atoms with Crippen LogP contribution in [0.2, 0.25) is 0 Å². The molecular formula is C22H31N4+. The Balaban J connectivity index is 1.50. The molecule has 0 aliphatic carbocycles. The zero-order chi connectivity index (χ0) is 18.5. The molecule has 1 heterocycles. The number of quaternary nitrogens is 1. The lowest BCUT2D eigenvalue weighted by molar-refractivity contribution is -0.918. The van der Waals surface area contributed by atoms with Crippen LogP contribution in [-0.4, -0.2) is 51.5 Å². The van der Waals surface area contributed by atoms with Gasteiger partial charge in [-0.25, -0.2) is 0 Å². The molecule has 0 atom stereocenters. The van der Waals surface area contributed by atoms with Crippen LogP contribution >= 0.6 is 0 Å². The molecule has 0 radical (unpaired) electrons. The fourth-order valence-electron chi connectivity index (χ4n) is 3.42. The molecule has 0 aromatic heterocycles. The quantitative estimate of drug-likeness (QED) is 0.834. The van der Waals surface area contributed by atoms with Crippen molar-refractivity contribution in [2.24, 2.45) is 5.10 Å². The van der Waals surface area contributed by atoms with E-state index in [1.807, 2.05) is 6.21 Å². The van der Waals surface area contributed by atoms with Gasteiger partial charge in [-0.15, -0.1) is 0 Å². The van der Waals surface area contributed by atoms with Crippen molar-refractivity contribution in [1.82, 2.24) is 5.01 Å². The topological polar surface area (TPSA) is 23.3 Å². The second-order valence-electron chi connectivity index (χ2n) is 7.54. The number of rotatable bonds is 5. The number of hydrazone groups is 1. The minimum atomic E-state index is 1.02. The average Bonchev–Trinajstić information content (AvgIpc) is 2.64. The minimum Gasteiger partial charge on any atom is -0.378 e. The summed E-state index contributed by atoms with van der Waals surface area (Å²) in [5, 5.41) is 6.88. The Labute approximate surface area is 157 Å². The Bertz CT molecular complexity index is 741. The van der Waals surface area contributed by atoms with E-state index in [1.54, 1.807) is 4.90 Å². The summed E-state index contributed by atoms with van der Waals surface area (Å²) in [5.41, 5.74) is 6.60. The van der Waals surface area contributed by atoms with Crippen molar-refractivity contribution in [3.63, 3.8) is 0 Å². The summed E-state index contributed by atoms with van der Waals surface area (Å²) in [7, 11) is 4.12. The maximum absolute atomic E-state index is 4.68. The van der Waals surface area contributed by atoms with Crippen molar-refractivity contribution >= 4 is 11.9 Å². The fraction of sp³-hybridized carbons (Fsp3) is 0.409. The van der Waals surface area contributed by atoms with E-state index < -0.39 is 0 Å². The summed E-state index contributed by atoms with van der Waals surface area (Å²) < 4.78 is 0. The van der Waals surface area contributed by atoms with E-state index in [0.29, 0.717) is 0 Å². The predicted octanol–water partition coefficient (Wildman–Crippen LogP) is 2.10.